The third-order valence-corrected chi connectivity index (χ3v) is 4.14. The zero-order valence-electron chi connectivity index (χ0n) is 11.5. The molecule has 4 nitrogen and oxygen atoms in total. The highest BCUT2D eigenvalue weighted by Crippen LogP contribution is 2.32. The molecule has 0 aliphatic heterocycles. The van der Waals surface area contributed by atoms with Crippen molar-refractivity contribution in [3.05, 3.63) is 40.0 Å². The van der Waals surface area contributed by atoms with Crippen LogP contribution >= 0.6 is 11.6 Å². The number of Topliss-reactive ketones (excluding diaryl/α,β-unsaturated/α-hetero) is 1. The lowest BCUT2D eigenvalue weighted by Crippen LogP contribution is -2.17. The fourth-order valence-corrected chi connectivity index (χ4v) is 2.80. The third kappa shape index (κ3) is 2.20. The molecule has 104 valence electrons. The Morgan fingerprint density at radius 1 is 1.40 bits per heavy atom. The molecule has 0 spiro atoms. The van der Waals surface area contributed by atoms with Crippen molar-refractivity contribution < 1.29 is 4.79 Å². The number of aromatic amines is 1. The molecule has 1 atom stereocenters. The number of H-pyrrole nitrogens is 1. The highest BCUT2D eigenvalue weighted by molar-refractivity contribution is 6.31. The number of hydrogen-bond donors (Lipinski definition) is 2. The van der Waals surface area contributed by atoms with Gasteiger partial charge in [-0.25, -0.2) is 0 Å². The van der Waals surface area contributed by atoms with Crippen molar-refractivity contribution in [2.45, 2.75) is 26.7 Å². The molecular formula is C15H16ClN3O. The Balaban J connectivity index is 1.97. The van der Waals surface area contributed by atoms with E-state index in [-0.39, 0.29) is 5.78 Å². The Kier molecular flexibility index (Phi) is 3.26. The predicted octanol–water partition coefficient (Wildman–Crippen LogP) is 3.88. The van der Waals surface area contributed by atoms with E-state index < -0.39 is 0 Å². The van der Waals surface area contributed by atoms with E-state index in [9.17, 15) is 4.79 Å². The normalized spacial score (nSPS) is 17.9. The van der Waals surface area contributed by atoms with Gasteiger partial charge in [0, 0.05) is 22.8 Å². The summed E-state index contributed by atoms with van der Waals surface area (Å²) < 4.78 is 0. The Morgan fingerprint density at radius 3 is 3.00 bits per heavy atom. The van der Waals surface area contributed by atoms with E-state index >= 15 is 0 Å². The third-order valence-electron chi connectivity index (χ3n) is 3.73. The minimum Gasteiger partial charge on any atom is -0.338 e. The molecular weight excluding hydrogens is 274 g/mol. The standard InChI is InChI=1S/C15H16ClN3O/c1-8-6-12-14(13(20)7-8)15(19-18-12)17-11-5-3-4-10(16)9(11)2/h3-5,8H,6-7H2,1-2H3,(H2,17,18,19). The molecule has 3 rings (SSSR count). The molecule has 1 aliphatic carbocycles. The van der Waals surface area contributed by atoms with Gasteiger partial charge >= 0.3 is 0 Å². The predicted molar refractivity (Wildman–Crippen MR) is 79.9 cm³/mol. The van der Waals surface area contributed by atoms with Crippen molar-refractivity contribution >= 4 is 28.9 Å². The van der Waals surface area contributed by atoms with E-state index in [0.717, 1.165) is 23.4 Å². The van der Waals surface area contributed by atoms with Crippen LogP contribution in [0.1, 0.15) is 35.0 Å². The van der Waals surface area contributed by atoms with Gasteiger partial charge in [-0.05, 0) is 37.0 Å². The van der Waals surface area contributed by atoms with Crippen molar-refractivity contribution in [1.29, 1.82) is 0 Å². The molecule has 1 heterocycles. The van der Waals surface area contributed by atoms with Crippen molar-refractivity contribution in [2.75, 3.05) is 5.32 Å². The van der Waals surface area contributed by atoms with Gasteiger partial charge in [-0.3, -0.25) is 9.89 Å². The lowest BCUT2D eigenvalue weighted by Gasteiger charge is -2.17. The van der Waals surface area contributed by atoms with Crippen molar-refractivity contribution in [3.8, 4) is 0 Å². The van der Waals surface area contributed by atoms with Gasteiger partial charge in [0.2, 0.25) is 0 Å². The number of aromatic nitrogens is 2. The number of hydrogen-bond acceptors (Lipinski definition) is 3. The van der Waals surface area contributed by atoms with Crippen LogP contribution in [-0.2, 0) is 6.42 Å². The topological polar surface area (TPSA) is 57.8 Å². The molecule has 20 heavy (non-hydrogen) atoms. The Morgan fingerprint density at radius 2 is 2.20 bits per heavy atom. The molecule has 0 saturated carbocycles. The second-order valence-corrected chi connectivity index (χ2v) is 5.81. The number of fused-ring (bicyclic) bond motifs is 1. The minimum atomic E-state index is 0.148. The Labute approximate surface area is 122 Å². The zero-order chi connectivity index (χ0) is 14.3. The van der Waals surface area contributed by atoms with Crippen LogP contribution in [0.4, 0.5) is 11.5 Å². The van der Waals surface area contributed by atoms with E-state index in [1.807, 2.05) is 25.1 Å². The minimum absolute atomic E-state index is 0.148. The molecule has 0 saturated heterocycles. The number of anilines is 2. The molecule has 0 fully saturated rings. The summed E-state index contributed by atoms with van der Waals surface area (Å²) in [5.74, 6) is 1.12. The van der Waals surface area contributed by atoms with E-state index in [4.69, 9.17) is 11.6 Å². The van der Waals surface area contributed by atoms with Crippen molar-refractivity contribution in [3.63, 3.8) is 0 Å². The van der Waals surface area contributed by atoms with Gasteiger partial charge in [-0.2, -0.15) is 5.10 Å². The quantitative estimate of drug-likeness (QED) is 0.882. The largest absolute Gasteiger partial charge is 0.338 e. The van der Waals surface area contributed by atoms with Crippen LogP contribution in [0.3, 0.4) is 0 Å². The molecule has 1 aromatic heterocycles. The summed E-state index contributed by atoms with van der Waals surface area (Å²) in [6.07, 6.45) is 1.44. The van der Waals surface area contributed by atoms with Gasteiger partial charge in [0.25, 0.3) is 0 Å². The van der Waals surface area contributed by atoms with E-state index in [1.165, 1.54) is 0 Å². The van der Waals surface area contributed by atoms with Crippen LogP contribution in [0.2, 0.25) is 5.02 Å². The summed E-state index contributed by atoms with van der Waals surface area (Å²) in [4.78, 5) is 12.2. The molecule has 5 heteroatoms. The van der Waals surface area contributed by atoms with Crippen LogP contribution in [0.5, 0.6) is 0 Å². The van der Waals surface area contributed by atoms with Crippen LogP contribution in [0, 0.1) is 12.8 Å². The Bertz CT molecular complexity index is 678. The maximum absolute atomic E-state index is 12.2. The monoisotopic (exact) mass is 289 g/mol. The smallest absolute Gasteiger partial charge is 0.168 e. The maximum atomic E-state index is 12.2. The average molecular weight is 290 g/mol. The molecule has 2 aromatic rings. The summed E-state index contributed by atoms with van der Waals surface area (Å²) in [6.45, 7) is 4.02. The second-order valence-electron chi connectivity index (χ2n) is 5.40. The van der Waals surface area contributed by atoms with Crippen LogP contribution in [-0.4, -0.2) is 16.0 Å². The molecule has 2 N–H and O–H groups in total. The number of nitrogens with one attached hydrogen (secondary N) is 2. The highest BCUT2D eigenvalue weighted by Gasteiger charge is 2.28. The summed E-state index contributed by atoms with van der Waals surface area (Å²) in [6, 6.07) is 5.65. The Hall–Kier alpha value is -1.81. The van der Waals surface area contributed by atoms with Crippen molar-refractivity contribution in [2.24, 2.45) is 5.92 Å². The number of halogens is 1. The first-order chi connectivity index (χ1) is 9.56. The molecule has 0 bridgehead atoms. The fraction of sp³-hybridized carbons (Fsp3) is 0.333. The van der Waals surface area contributed by atoms with Gasteiger partial charge in [0.15, 0.2) is 11.6 Å². The lowest BCUT2D eigenvalue weighted by molar-refractivity contribution is 0.0954. The first kappa shape index (κ1) is 13.2. The maximum Gasteiger partial charge on any atom is 0.168 e. The van der Waals surface area contributed by atoms with Crippen LogP contribution in [0.25, 0.3) is 0 Å². The van der Waals surface area contributed by atoms with Gasteiger partial charge in [-0.1, -0.05) is 24.6 Å². The number of rotatable bonds is 2. The molecule has 1 unspecified atom stereocenters. The van der Waals surface area contributed by atoms with E-state index in [1.54, 1.807) is 0 Å². The van der Waals surface area contributed by atoms with Crippen LogP contribution < -0.4 is 5.32 Å². The van der Waals surface area contributed by atoms with E-state index in [0.29, 0.717) is 28.7 Å². The zero-order valence-corrected chi connectivity index (χ0v) is 12.2. The number of carbonyl (C=O) groups is 1. The van der Waals surface area contributed by atoms with Gasteiger partial charge < -0.3 is 5.32 Å². The van der Waals surface area contributed by atoms with Gasteiger partial charge in [0.05, 0.1) is 5.56 Å². The summed E-state index contributed by atoms with van der Waals surface area (Å²) in [5, 5.41) is 11.1. The molecule has 0 amide bonds. The summed E-state index contributed by atoms with van der Waals surface area (Å²) >= 11 is 6.11. The highest BCUT2D eigenvalue weighted by atomic mass is 35.5. The van der Waals surface area contributed by atoms with Gasteiger partial charge in [-0.15, -0.1) is 0 Å². The molecule has 1 aliphatic rings. The summed E-state index contributed by atoms with van der Waals surface area (Å²) in [7, 11) is 0. The van der Waals surface area contributed by atoms with Crippen molar-refractivity contribution in [1.82, 2.24) is 10.2 Å². The number of nitrogens with zero attached hydrogens (tertiary/aromatic N) is 1. The molecule has 0 radical (unpaired) electrons. The number of benzene rings is 1. The van der Waals surface area contributed by atoms with Gasteiger partial charge in [0.1, 0.15) is 0 Å². The molecule has 1 aromatic carbocycles. The lowest BCUT2D eigenvalue weighted by atomic mass is 9.88. The first-order valence-electron chi connectivity index (χ1n) is 6.69. The summed E-state index contributed by atoms with van der Waals surface area (Å²) in [5.41, 5.74) is 3.44. The average Bonchev–Trinajstić information content (AvgIpc) is 2.78. The first-order valence-corrected chi connectivity index (χ1v) is 7.06. The second kappa shape index (κ2) is 4.94. The van der Waals surface area contributed by atoms with Crippen LogP contribution in [0.15, 0.2) is 18.2 Å². The fourth-order valence-electron chi connectivity index (χ4n) is 2.63. The SMILES string of the molecule is Cc1c(Cl)cccc1Nc1n[nH]c2c1C(=O)CC(C)C2. The number of ketones is 1. The van der Waals surface area contributed by atoms with E-state index in [2.05, 4.69) is 22.4 Å². The number of carbonyl (C=O) groups excluding carboxylic acids is 1.